The van der Waals surface area contributed by atoms with Crippen LogP contribution in [0.3, 0.4) is 0 Å². The minimum atomic E-state index is -0.828. The molecule has 69 heavy (non-hydrogen) atoms. The van der Waals surface area contributed by atoms with E-state index in [-0.39, 0.29) is 37.5 Å². The first-order valence-electron chi connectivity index (χ1n) is 26.8. The van der Waals surface area contributed by atoms with Gasteiger partial charge < -0.3 is 14.2 Å². The van der Waals surface area contributed by atoms with Crippen molar-refractivity contribution in [2.24, 2.45) is 0 Å². The maximum Gasteiger partial charge on any atom is 0.306 e. The van der Waals surface area contributed by atoms with E-state index in [4.69, 9.17) is 14.2 Å². The zero-order chi connectivity index (χ0) is 50.0. The van der Waals surface area contributed by atoms with E-state index in [9.17, 15) is 14.4 Å². The molecule has 0 radical (unpaired) electrons. The Balaban J connectivity index is 4.61. The molecule has 0 N–H and O–H groups in total. The Labute approximate surface area is 422 Å². The number of hydrogen-bond acceptors (Lipinski definition) is 6. The van der Waals surface area contributed by atoms with Crippen molar-refractivity contribution in [2.75, 3.05) is 13.2 Å². The fourth-order valence-electron chi connectivity index (χ4n) is 6.52. The number of esters is 3. The van der Waals surface area contributed by atoms with Crippen molar-refractivity contribution in [3.05, 3.63) is 170 Å². The Morgan fingerprint density at radius 2 is 0.638 bits per heavy atom. The van der Waals surface area contributed by atoms with E-state index in [1.165, 1.54) is 19.3 Å². The fraction of sp³-hybridized carbons (Fsp3) is 0.508. The SMILES string of the molecule is CC\C=C/C=C\C=C/C=C\C=C\C=C/CCCCCC(=O)OC(COC(=O)CCCCCCC\C=C/C=C\C=C/C=C\C=C/CCC)COC(=O)CCCCCCCC/C=C\C/C=C\C/C=C\CC. The molecule has 0 aromatic heterocycles. The second-order valence-electron chi connectivity index (χ2n) is 16.9. The Kier molecular flexibility index (Phi) is 51.2. The highest BCUT2D eigenvalue weighted by Gasteiger charge is 2.19. The Hall–Kier alpha value is -5.23. The molecule has 1 unspecified atom stereocenters. The summed E-state index contributed by atoms with van der Waals surface area (Å²) in [6.45, 7) is 6.20. The van der Waals surface area contributed by atoms with E-state index in [0.29, 0.717) is 19.3 Å². The van der Waals surface area contributed by atoms with Gasteiger partial charge in [-0.05, 0) is 89.9 Å². The number of ether oxygens (including phenoxy) is 3. The lowest BCUT2D eigenvalue weighted by Gasteiger charge is -2.18. The van der Waals surface area contributed by atoms with Gasteiger partial charge in [-0.2, -0.15) is 0 Å². The van der Waals surface area contributed by atoms with Crippen LogP contribution in [0, 0.1) is 0 Å². The summed E-state index contributed by atoms with van der Waals surface area (Å²) in [6, 6.07) is 0. The maximum atomic E-state index is 12.8. The molecule has 0 aromatic carbocycles. The molecule has 0 aliphatic heterocycles. The lowest BCUT2D eigenvalue weighted by atomic mass is 10.1. The van der Waals surface area contributed by atoms with Gasteiger partial charge >= 0.3 is 17.9 Å². The average Bonchev–Trinajstić information content (AvgIpc) is 3.35. The van der Waals surface area contributed by atoms with Gasteiger partial charge in [-0.1, -0.05) is 249 Å². The van der Waals surface area contributed by atoms with Crippen LogP contribution in [0.25, 0.3) is 0 Å². The summed E-state index contributed by atoms with van der Waals surface area (Å²) in [6.07, 6.45) is 81.8. The van der Waals surface area contributed by atoms with Gasteiger partial charge in [-0.15, -0.1) is 0 Å². The third kappa shape index (κ3) is 53.6. The smallest absolute Gasteiger partial charge is 0.306 e. The number of carbonyl (C=O) groups excluding carboxylic acids is 3. The molecule has 1 atom stereocenters. The van der Waals surface area contributed by atoms with Crippen molar-refractivity contribution >= 4 is 17.9 Å². The highest BCUT2D eigenvalue weighted by molar-refractivity contribution is 5.71. The molecule has 0 aliphatic carbocycles. The summed E-state index contributed by atoms with van der Waals surface area (Å²) in [5.41, 5.74) is 0. The van der Waals surface area contributed by atoms with E-state index >= 15 is 0 Å². The minimum Gasteiger partial charge on any atom is -0.462 e. The molecule has 0 aromatic rings. The predicted molar refractivity (Wildman–Crippen MR) is 297 cm³/mol. The van der Waals surface area contributed by atoms with Gasteiger partial charge in [-0.3, -0.25) is 14.4 Å². The molecule has 0 fully saturated rings. The van der Waals surface area contributed by atoms with Gasteiger partial charge in [-0.25, -0.2) is 0 Å². The molecular formula is C63H94O6. The summed E-state index contributed by atoms with van der Waals surface area (Å²) < 4.78 is 16.8. The number of carbonyl (C=O) groups is 3. The number of hydrogen-bond donors (Lipinski definition) is 0. The van der Waals surface area contributed by atoms with E-state index in [0.717, 1.165) is 122 Å². The Bertz CT molecular complexity index is 1650. The van der Waals surface area contributed by atoms with E-state index in [1.807, 2.05) is 97.2 Å². The van der Waals surface area contributed by atoms with Gasteiger partial charge in [0.2, 0.25) is 0 Å². The molecular weight excluding hydrogens is 853 g/mol. The first kappa shape index (κ1) is 63.8. The van der Waals surface area contributed by atoms with Gasteiger partial charge in [0.25, 0.3) is 0 Å². The van der Waals surface area contributed by atoms with Gasteiger partial charge in [0.05, 0.1) is 0 Å². The van der Waals surface area contributed by atoms with Crippen LogP contribution in [-0.4, -0.2) is 37.2 Å². The Morgan fingerprint density at radius 3 is 1.07 bits per heavy atom. The summed E-state index contributed by atoms with van der Waals surface area (Å²) in [7, 11) is 0. The fourth-order valence-corrected chi connectivity index (χ4v) is 6.52. The number of allylic oxidation sites excluding steroid dienone is 28. The van der Waals surface area contributed by atoms with E-state index in [2.05, 4.69) is 93.7 Å². The molecule has 0 spiro atoms. The van der Waals surface area contributed by atoms with Crippen LogP contribution in [0.1, 0.15) is 188 Å². The van der Waals surface area contributed by atoms with Crippen molar-refractivity contribution in [1.29, 1.82) is 0 Å². The number of unbranched alkanes of at least 4 members (excludes halogenated alkanes) is 15. The second kappa shape index (κ2) is 55.4. The summed E-state index contributed by atoms with van der Waals surface area (Å²) >= 11 is 0. The van der Waals surface area contributed by atoms with Crippen molar-refractivity contribution < 1.29 is 28.6 Å². The lowest BCUT2D eigenvalue weighted by Crippen LogP contribution is -2.30. The quantitative estimate of drug-likeness (QED) is 0.0199. The number of rotatable bonds is 45. The molecule has 0 aliphatic rings. The van der Waals surface area contributed by atoms with Crippen LogP contribution >= 0.6 is 0 Å². The third-order valence-corrected chi connectivity index (χ3v) is 10.5. The van der Waals surface area contributed by atoms with Crippen LogP contribution in [-0.2, 0) is 28.6 Å². The molecule has 0 heterocycles. The van der Waals surface area contributed by atoms with E-state index < -0.39 is 6.10 Å². The van der Waals surface area contributed by atoms with Crippen LogP contribution in [0.15, 0.2) is 170 Å². The highest BCUT2D eigenvalue weighted by atomic mass is 16.6. The standard InChI is InChI=1S/C63H94O6/c1-4-7-10-13-16-19-22-25-28-31-33-35-38-41-44-47-50-53-56-62(65)68-59-60(58-67-61(64)55-52-49-46-43-40-37-34-30-27-24-21-18-15-12-9-6-3)69-63(66)57-54-51-48-45-42-39-36-32-29-26-23-20-17-14-11-8-5-2/h8-14,16-23,25-33,35-36,39,42,60H,4-7,15,24,34,37-38,40-41,43-59H2,1-3H3/b11-8-,12-9-,13-10-,17-14-,19-16-,21-18-,23-20-,25-22-,29-26-,30-27-,31-28-,35-33-,36-32+,42-39-. The summed E-state index contributed by atoms with van der Waals surface area (Å²) in [5.74, 6) is -1.02. The summed E-state index contributed by atoms with van der Waals surface area (Å²) in [5, 5.41) is 0. The van der Waals surface area contributed by atoms with Crippen LogP contribution in [0.5, 0.6) is 0 Å². The molecule has 0 saturated heterocycles. The van der Waals surface area contributed by atoms with Crippen LogP contribution in [0.4, 0.5) is 0 Å². The normalized spacial score (nSPS) is 13.5. The third-order valence-electron chi connectivity index (χ3n) is 10.5. The molecule has 382 valence electrons. The van der Waals surface area contributed by atoms with Crippen LogP contribution in [0.2, 0.25) is 0 Å². The average molecular weight is 947 g/mol. The topological polar surface area (TPSA) is 78.9 Å². The van der Waals surface area contributed by atoms with Crippen LogP contribution < -0.4 is 0 Å². The molecule has 0 bridgehead atoms. The maximum absolute atomic E-state index is 12.8. The molecule has 6 nitrogen and oxygen atoms in total. The van der Waals surface area contributed by atoms with Crippen molar-refractivity contribution in [2.45, 2.75) is 194 Å². The van der Waals surface area contributed by atoms with Crippen molar-refractivity contribution in [3.63, 3.8) is 0 Å². The minimum absolute atomic E-state index is 0.121. The van der Waals surface area contributed by atoms with Gasteiger partial charge in [0.15, 0.2) is 6.10 Å². The second-order valence-corrected chi connectivity index (χ2v) is 16.9. The molecule has 0 saturated carbocycles. The molecule has 0 amide bonds. The highest BCUT2D eigenvalue weighted by Crippen LogP contribution is 2.13. The Morgan fingerprint density at radius 1 is 0.319 bits per heavy atom. The molecule has 6 heteroatoms. The first-order chi connectivity index (χ1) is 34.0. The lowest BCUT2D eigenvalue weighted by molar-refractivity contribution is -0.167. The largest absolute Gasteiger partial charge is 0.462 e. The summed E-state index contributed by atoms with van der Waals surface area (Å²) in [4.78, 5) is 38.1. The van der Waals surface area contributed by atoms with Crippen molar-refractivity contribution in [3.8, 4) is 0 Å². The molecule has 0 rings (SSSR count). The zero-order valence-corrected chi connectivity index (χ0v) is 43.5. The van der Waals surface area contributed by atoms with Crippen molar-refractivity contribution in [1.82, 2.24) is 0 Å². The van der Waals surface area contributed by atoms with Gasteiger partial charge in [0, 0.05) is 19.3 Å². The monoisotopic (exact) mass is 947 g/mol. The zero-order valence-electron chi connectivity index (χ0n) is 43.5. The predicted octanol–water partition coefficient (Wildman–Crippen LogP) is 18.0. The van der Waals surface area contributed by atoms with E-state index in [1.54, 1.807) is 0 Å². The van der Waals surface area contributed by atoms with Gasteiger partial charge in [0.1, 0.15) is 13.2 Å². The first-order valence-corrected chi connectivity index (χ1v) is 26.8.